The van der Waals surface area contributed by atoms with Gasteiger partial charge in [-0.2, -0.15) is 0 Å². The largest absolute Gasteiger partial charge is 0.317 e. The highest BCUT2D eigenvalue weighted by atomic mass is 79.9. The molecule has 1 N–H and O–H groups in total. The van der Waals surface area contributed by atoms with Gasteiger partial charge in [0.1, 0.15) is 0 Å². The van der Waals surface area contributed by atoms with Crippen LogP contribution in [0.5, 0.6) is 0 Å². The van der Waals surface area contributed by atoms with Gasteiger partial charge >= 0.3 is 0 Å². The van der Waals surface area contributed by atoms with Crippen LogP contribution in [0.4, 0.5) is 0 Å². The van der Waals surface area contributed by atoms with E-state index in [9.17, 15) is 0 Å². The van der Waals surface area contributed by atoms with Crippen molar-refractivity contribution in [2.24, 2.45) is 5.92 Å². The molecule has 0 atom stereocenters. The number of alkyl halides is 2. The Morgan fingerprint density at radius 3 is 2.62 bits per heavy atom. The van der Waals surface area contributed by atoms with E-state index in [-0.39, 0.29) is 0 Å². The van der Waals surface area contributed by atoms with Crippen LogP contribution in [0.15, 0.2) is 0 Å². The van der Waals surface area contributed by atoms with Crippen LogP contribution in [0.1, 0.15) is 24.2 Å². The zero-order chi connectivity index (χ0) is 11.4. The maximum absolute atomic E-state index is 4.24. The smallest absolute Gasteiger partial charge is 0.0973 e. The molecule has 6 heteroatoms. The molecule has 0 aliphatic carbocycles. The molecule has 0 saturated carbocycles. The molecule has 1 aromatic rings. The summed E-state index contributed by atoms with van der Waals surface area (Å²) in [4.78, 5) is 0. The first kappa shape index (κ1) is 12.5. The second-order valence-electron chi connectivity index (χ2n) is 4.13. The first-order valence-corrected chi connectivity index (χ1v) is 7.83. The van der Waals surface area contributed by atoms with Crippen LogP contribution in [0.2, 0.25) is 0 Å². The lowest BCUT2D eigenvalue weighted by Crippen LogP contribution is -2.30. The van der Waals surface area contributed by atoms with Crippen molar-refractivity contribution in [1.82, 2.24) is 20.3 Å². The van der Waals surface area contributed by atoms with Crippen molar-refractivity contribution in [3.8, 4) is 0 Å². The van der Waals surface area contributed by atoms with Crippen LogP contribution >= 0.6 is 31.9 Å². The summed E-state index contributed by atoms with van der Waals surface area (Å²) in [6, 6.07) is 0. The molecular weight excluding hydrogens is 336 g/mol. The van der Waals surface area contributed by atoms with Gasteiger partial charge in [-0.15, -0.1) is 5.10 Å². The lowest BCUT2D eigenvalue weighted by molar-refractivity contribution is 0.316. The average molecular weight is 352 g/mol. The predicted molar refractivity (Wildman–Crippen MR) is 70.9 cm³/mol. The number of aromatic nitrogens is 3. The van der Waals surface area contributed by atoms with Crippen LogP contribution in [0, 0.1) is 5.92 Å². The van der Waals surface area contributed by atoms with Crippen molar-refractivity contribution < 1.29 is 0 Å². The first-order chi connectivity index (χ1) is 7.85. The number of rotatable bonds is 4. The highest BCUT2D eigenvalue weighted by Crippen LogP contribution is 2.18. The topological polar surface area (TPSA) is 42.7 Å². The molecule has 90 valence electrons. The third kappa shape index (κ3) is 2.84. The molecule has 2 rings (SSSR count). The Hall–Kier alpha value is 0.0600. The van der Waals surface area contributed by atoms with E-state index in [1.54, 1.807) is 0 Å². The van der Waals surface area contributed by atoms with E-state index >= 15 is 0 Å². The van der Waals surface area contributed by atoms with E-state index in [4.69, 9.17) is 0 Å². The van der Waals surface area contributed by atoms with Gasteiger partial charge in [-0.3, -0.25) is 0 Å². The van der Waals surface area contributed by atoms with Gasteiger partial charge < -0.3 is 5.32 Å². The van der Waals surface area contributed by atoms with Gasteiger partial charge in [0.05, 0.1) is 11.4 Å². The second-order valence-corrected chi connectivity index (χ2v) is 5.25. The number of nitrogens with zero attached hydrogens (tertiary/aromatic N) is 3. The molecule has 4 nitrogen and oxygen atoms in total. The summed E-state index contributed by atoms with van der Waals surface area (Å²) < 4.78 is 2.06. The molecule has 0 spiro atoms. The summed E-state index contributed by atoms with van der Waals surface area (Å²) in [5, 5.41) is 13.4. The number of hydrogen-bond donors (Lipinski definition) is 1. The molecule has 0 aromatic carbocycles. The second kappa shape index (κ2) is 6.12. The van der Waals surface area contributed by atoms with Gasteiger partial charge in [0.2, 0.25) is 0 Å². The van der Waals surface area contributed by atoms with Crippen LogP contribution in [-0.4, -0.2) is 28.1 Å². The molecule has 0 amide bonds. The molecule has 16 heavy (non-hydrogen) atoms. The van der Waals surface area contributed by atoms with Crippen molar-refractivity contribution in [3.63, 3.8) is 0 Å². The van der Waals surface area contributed by atoms with Crippen molar-refractivity contribution in [2.45, 2.75) is 30.0 Å². The van der Waals surface area contributed by atoms with Gasteiger partial charge in [0.25, 0.3) is 0 Å². The fraction of sp³-hybridized carbons (Fsp3) is 0.800. The number of halogens is 2. The molecule has 1 saturated heterocycles. The average Bonchev–Trinajstić information content (AvgIpc) is 2.72. The Bertz CT molecular complexity index is 334. The molecule has 0 radical (unpaired) electrons. The quantitative estimate of drug-likeness (QED) is 0.844. The first-order valence-electron chi connectivity index (χ1n) is 5.59. The maximum atomic E-state index is 4.24. The molecule has 2 heterocycles. The third-order valence-corrected chi connectivity index (χ3v) is 4.12. The standard InChI is InChI=1S/C10H16Br2N4/c11-5-9-10(6-12)16(15-14-9)7-8-1-3-13-4-2-8/h8,13H,1-7H2. The fourth-order valence-electron chi connectivity index (χ4n) is 2.07. The van der Waals surface area contributed by atoms with Crippen molar-refractivity contribution in [3.05, 3.63) is 11.4 Å². The van der Waals surface area contributed by atoms with Gasteiger partial charge in [0.15, 0.2) is 0 Å². The van der Waals surface area contributed by atoms with Crippen molar-refractivity contribution >= 4 is 31.9 Å². The van der Waals surface area contributed by atoms with Gasteiger partial charge in [-0.05, 0) is 31.8 Å². The number of nitrogens with one attached hydrogen (secondary N) is 1. The molecule has 1 aliphatic heterocycles. The minimum absolute atomic E-state index is 0.740. The normalized spacial score (nSPS) is 17.9. The van der Waals surface area contributed by atoms with Crippen LogP contribution in [0.3, 0.4) is 0 Å². The summed E-state index contributed by atoms with van der Waals surface area (Å²) in [5.41, 5.74) is 2.25. The Kier molecular flexibility index (Phi) is 4.79. The van der Waals surface area contributed by atoms with E-state index in [0.29, 0.717) is 0 Å². The lowest BCUT2D eigenvalue weighted by Gasteiger charge is -2.22. The van der Waals surface area contributed by atoms with E-state index in [0.717, 1.165) is 41.9 Å². The summed E-state index contributed by atoms with van der Waals surface area (Å²) in [5.74, 6) is 0.740. The molecule has 0 unspecified atom stereocenters. The highest BCUT2D eigenvalue weighted by Gasteiger charge is 2.17. The van der Waals surface area contributed by atoms with Crippen LogP contribution in [0.25, 0.3) is 0 Å². The van der Waals surface area contributed by atoms with Gasteiger partial charge in [0, 0.05) is 17.2 Å². The summed E-state index contributed by atoms with van der Waals surface area (Å²) in [6.07, 6.45) is 2.48. The number of hydrogen-bond acceptors (Lipinski definition) is 3. The summed E-state index contributed by atoms with van der Waals surface area (Å²) in [7, 11) is 0. The molecule has 0 bridgehead atoms. The SMILES string of the molecule is BrCc1nnn(CC2CCNCC2)c1CBr. The fourth-order valence-corrected chi connectivity index (χ4v) is 3.12. The Morgan fingerprint density at radius 1 is 1.25 bits per heavy atom. The van der Waals surface area contributed by atoms with E-state index in [2.05, 4.69) is 52.2 Å². The van der Waals surface area contributed by atoms with Crippen LogP contribution in [-0.2, 0) is 17.2 Å². The zero-order valence-electron chi connectivity index (χ0n) is 9.12. The van der Waals surface area contributed by atoms with E-state index < -0.39 is 0 Å². The Balaban J connectivity index is 2.05. The lowest BCUT2D eigenvalue weighted by atomic mass is 9.98. The Labute approximate surface area is 112 Å². The minimum Gasteiger partial charge on any atom is -0.317 e. The zero-order valence-corrected chi connectivity index (χ0v) is 12.3. The maximum Gasteiger partial charge on any atom is 0.0973 e. The van der Waals surface area contributed by atoms with Crippen LogP contribution < -0.4 is 5.32 Å². The predicted octanol–water partition coefficient (Wildman–Crippen LogP) is 2.07. The van der Waals surface area contributed by atoms with Crippen molar-refractivity contribution in [1.29, 1.82) is 0 Å². The third-order valence-electron chi connectivity index (χ3n) is 3.06. The molecular formula is C10H16Br2N4. The monoisotopic (exact) mass is 350 g/mol. The highest BCUT2D eigenvalue weighted by molar-refractivity contribution is 9.09. The van der Waals surface area contributed by atoms with E-state index in [1.165, 1.54) is 18.5 Å². The summed E-state index contributed by atoms with van der Waals surface area (Å²) >= 11 is 6.95. The molecule has 1 aliphatic rings. The van der Waals surface area contributed by atoms with Gasteiger partial charge in [-0.25, -0.2) is 4.68 Å². The minimum atomic E-state index is 0.740. The van der Waals surface area contributed by atoms with Gasteiger partial charge in [-0.1, -0.05) is 37.1 Å². The van der Waals surface area contributed by atoms with E-state index in [1.807, 2.05) is 0 Å². The molecule has 1 aromatic heterocycles. The molecule has 1 fully saturated rings. The number of piperidine rings is 1. The Morgan fingerprint density at radius 2 is 2.00 bits per heavy atom. The summed E-state index contributed by atoms with van der Waals surface area (Å²) in [6.45, 7) is 3.27. The van der Waals surface area contributed by atoms with Crippen molar-refractivity contribution in [2.75, 3.05) is 13.1 Å².